The topological polar surface area (TPSA) is 38.3 Å². The second-order valence-electron chi connectivity index (χ2n) is 5.27. The highest BCUT2D eigenvalue weighted by Gasteiger charge is 2.22. The molecule has 1 aliphatic rings. The normalized spacial score (nSPS) is 16.2. The summed E-state index contributed by atoms with van der Waals surface area (Å²) in [6.07, 6.45) is 5.92. The standard InChI is InChI=1S/C16H19NO2S/c1-19-14-12-9-5-6-10-13(12)20-15(14)16(18)17-11-7-3-2-4-8-11/h5-6,9-11H,2-4,7-8H2,1H3,(H,17,18). The van der Waals surface area contributed by atoms with E-state index in [2.05, 4.69) is 5.32 Å². The number of nitrogens with one attached hydrogen (secondary N) is 1. The van der Waals surface area contributed by atoms with E-state index in [9.17, 15) is 4.79 Å². The fraction of sp³-hybridized carbons (Fsp3) is 0.438. The van der Waals surface area contributed by atoms with Crippen LogP contribution in [0.25, 0.3) is 10.1 Å². The summed E-state index contributed by atoms with van der Waals surface area (Å²) < 4.78 is 6.55. The molecule has 0 bridgehead atoms. The van der Waals surface area contributed by atoms with Crippen LogP contribution in [0.1, 0.15) is 41.8 Å². The SMILES string of the molecule is COc1c(C(=O)NC2CCCCC2)sc2ccccc12. The summed E-state index contributed by atoms with van der Waals surface area (Å²) in [6, 6.07) is 8.31. The first-order valence-electron chi connectivity index (χ1n) is 7.16. The van der Waals surface area contributed by atoms with Crippen LogP contribution >= 0.6 is 11.3 Å². The Balaban J connectivity index is 1.86. The molecule has 1 aromatic heterocycles. The van der Waals surface area contributed by atoms with E-state index in [1.54, 1.807) is 7.11 Å². The minimum Gasteiger partial charge on any atom is -0.494 e. The number of ether oxygens (including phenoxy) is 1. The van der Waals surface area contributed by atoms with Crippen LogP contribution in [0.4, 0.5) is 0 Å². The Hall–Kier alpha value is -1.55. The highest BCUT2D eigenvalue weighted by atomic mass is 32.1. The zero-order valence-corrected chi connectivity index (χ0v) is 12.5. The van der Waals surface area contributed by atoms with Gasteiger partial charge in [-0.2, -0.15) is 0 Å². The van der Waals surface area contributed by atoms with Crippen molar-refractivity contribution >= 4 is 27.3 Å². The summed E-state index contributed by atoms with van der Waals surface area (Å²) >= 11 is 1.51. The van der Waals surface area contributed by atoms with Gasteiger partial charge in [0.25, 0.3) is 5.91 Å². The van der Waals surface area contributed by atoms with Crippen LogP contribution in [0.5, 0.6) is 5.75 Å². The molecule has 3 rings (SSSR count). The molecule has 20 heavy (non-hydrogen) atoms. The Kier molecular flexibility index (Phi) is 3.92. The molecular formula is C16H19NO2S. The summed E-state index contributed by atoms with van der Waals surface area (Å²) in [7, 11) is 1.63. The van der Waals surface area contributed by atoms with Gasteiger partial charge in [0.05, 0.1) is 7.11 Å². The van der Waals surface area contributed by atoms with Crippen molar-refractivity contribution in [2.45, 2.75) is 38.1 Å². The third kappa shape index (κ3) is 2.52. The lowest BCUT2D eigenvalue weighted by molar-refractivity contribution is 0.0929. The number of benzene rings is 1. The van der Waals surface area contributed by atoms with Gasteiger partial charge >= 0.3 is 0 Å². The molecule has 0 unspecified atom stereocenters. The molecule has 0 radical (unpaired) electrons. The molecule has 3 nitrogen and oxygen atoms in total. The first kappa shape index (κ1) is 13.4. The Morgan fingerprint density at radius 2 is 2.00 bits per heavy atom. The monoisotopic (exact) mass is 289 g/mol. The summed E-state index contributed by atoms with van der Waals surface area (Å²) in [5, 5.41) is 4.18. The molecule has 0 saturated heterocycles. The van der Waals surface area contributed by atoms with Crippen LogP contribution < -0.4 is 10.1 Å². The van der Waals surface area contributed by atoms with E-state index in [4.69, 9.17) is 4.74 Å². The smallest absolute Gasteiger partial charge is 0.265 e. The van der Waals surface area contributed by atoms with E-state index in [-0.39, 0.29) is 5.91 Å². The second-order valence-corrected chi connectivity index (χ2v) is 6.32. The average Bonchev–Trinajstić information content (AvgIpc) is 2.87. The van der Waals surface area contributed by atoms with Gasteiger partial charge in [-0.05, 0) is 25.0 Å². The lowest BCUT2D eigenvalue weighted by Crippen LogP contribution is -2.35. The Labute approximate surface area is 122 Å². The van der Waals surface area contributed by atoms with Crippen LogP contribution in [0.2, 0.25) is 0 Å². The minimum atomic E-state index is 0.00921. The molecule has 4 heteroatoms. The lowest BCUT2D eigenvalue weighted by Gasteiger charge is -2.22. The van der Waals surface area contributed by atoms with Crippen molar-refractivity contribution in [3.8, 4) is 5.75 Å². The molecule has 2 aromatic rings. The van der Waals surface area contributed by atoms with Gasteiger partial charge in [-0.1, -0.05) is 31.4 Å². The number of thiophene rings is 1. The van der Waals surface area contributed by atoms with Gasteiger partial charge in [-0.25, -0.2) is 0 Å². The first-order valence-corrected chi connectivity index (χ1v) is 7.97. The van der Waals surface area contributed by atoms with Crippen LogP contribution in [0.15, 0.2) is 24.3 Å². The largest absolute Gasteiger partial charge is 0.494 e. The molecule has 1 N–H and O–H groups in total. The van der Waals surface area contributed by atoms with Crippen molar-refractivity contribution in [2.24, 2.45) is 0 Å². The quantitative estimate of drug-likeness (QED) is 0.928. The zero-order chi connectivity index (χ0) is 13.9. The van der Waals surface area contributed by atoms with Gasteiger partial charge in [0.1, 0.15) is 10.6 Å². The second kappa shape index (κ2) is 5.83. The fourth-order valence-corrected chi connectivity index (χ4v) is 3.95. The van der Waals surface area contributed by atoms with Crippen molar-refractivity contribution in [1.29, 1.82) is 0 Å². The minimum absolute atomic E-state index is 0.00921. The zero-order valence-electron chi connectivity index (χ0n) is 11.6. The van der Waals surface area contributed by atoms with Gasteiger partial charge in [0, 0.05) is 16.1 Å². The maximum absolute atomic E-state index is 12.5. The number of methoxy groups -OCH3 is 1. The van der Waals surface area contributed by atoms with E-state index < -0.39 is 0 Å². The third-order valence-corrected chi connectivity index (χ3v) is 5.05. The molecule has 0 atom stereocenters. The van der Waals surface area contributed by atoms with Gasteiger partial charge in [-0.15, -0.1) is 11.3 Å². The Bertz CT molecular complexity index is 614. The number of carbonyl (C=O) groups is 1. The molecule has 1 saturated carbocycles. The van der Waals surface area contributed by atoms with E-state index in [1.165, 1.54) is 30.6 Å². The number of fused-ring (bicyclic) bond motifs is 1. The summed E-state index contributed by atoms with van der Waals surface area (Å²) in [5.74, 6) is 0.717. The molecule has 0 spiro atoms. The van der Waals surface area contributed by atoms with Crippen molar-refractivity contribution in [2.75, 3.05) is 7.11 Å². The number of rotatable bonds is 3. The number of hydrogen-bond donors (Lipinski definition) is 1. The Morgan fingerprint density at radius 1 is 1.25 bits per heavy atom. The van der Waals surface area contributed by atoms with Crippen LogP contribution in [-0.4, -0.2) is 19.1 Å². The Morgan fingerprint density at radius 3 is 2.75 bits per heavy atom. The molecule has 1 heterocycles. The predicted molar refractivity (Wildman–Crippen MR) is 82.7 cm³/mol. The van der Waals surface area contributed by atoms with Crippen LogP contribution in [0, 0.1) is 0 Å². The molecule has 1 fully saturated rings. The van der Waals surface area contributed by atoms with Gasteiger partial charge < -0.3 is 10.1 Å². The van der Waals surface area contributed by atoms with E-state index in [0.717, 1.165) is 22.9 Å². The van der Waals surface area contributed by atoms with Gasteiger partial charge in [0.15, 0.2) is 0 Å². The van der Waals surface area contributed by atoms with Crippen molar-refractivity contribution < 1.29 is 9.53 Å². The highest BCUT2D eigenvalue weighted by Crippen LogP contribution is 2.37. The average molecular weight is 289 g/mol. The van der Waals surface area contributed by atoms with E-state index in [1.807, 2.05) is 24.3 Å². The highest BCUT2D eigenvalue weighted by molar-refractivity contribution is 7.21. The van der Waals surface area contributed by atoms with Crippen molar-refractivity contribution in [3.05, 3.63) is 29.1 Å². The van der Waals surface area contributed by atoms with E-state index >= 15 is 0 Å². The first-order chi connectivity index (χ1) is 9.79. The lowest BCUT2D eigenvalue weighted by atomic mass is 9.95. The maximum Gasteiger partial charge on any atom is 0.265 e. The molecule has 106 valence electrons. The number of amides is 1. The number of carbonyl (C=O) groups excluding carboxylic acids is 1. The summed E-state index contributed by atoms with van der Waals surface area (Å²) in [5.41, 5.74) is 0. The van der Waals surface area contributed by atoms with Crippen molar-refractivity contribution in [1.82, 2.24) is 5.32 Å². The van der Waals surface area contributed by atoms with Crippen LogP contribution in [0.3, 0.4) is 0 Å². The van der Waals surface area contributed by atoms with E-state index in [0.29, 0.717) is 16.7 Å². The van der Waals surface area contributed by atoms with Gasteiger partial charge in [-0.3, -0.25) is 4.79 Å². The summed E-state index contributed by atoms with van der Waals surface area (Å²) in [4.78, 5) is 13.2. The number of hydrogen-bond acceptors (Lipinski definition) is 3. The molecule has 1 aromatic carbocycles. The molecular weight excluding hydrogens is 270 g/mol. The predicted octanol–water partition coefficient (Wildman–Crippen LogP) is 3.97. The molecule has 1 amide bonds. The summed E-state index contributed by atoms with van der Waals surface area (Å²) in [6.45, 7) is 0. The fourth-order valence-electron chi connectivity index (χ4n) is 2.87. The van der Waals surface area contributed by atoms with Crippen LogP contribution in [-0.2, 0) is 0 Å². The van der Waals surface area contributed by atoms with Crippen molar-refractivity contribution in [3.63, 3.8) is 0 Å². The van der Waals surface area contributed by atoms with Gasteiger partial charge in [0.2, 0.25) is 0 Å². The molecule has 1 aliphatic carbocycles. The molecule has 0 aliphatic heterocycles. The third-order valence-electron chi connectivity index (χ3n) is 3.90. The maximum atomic E-state index is 12.5.